The van der Waals surface area contributed by atoms with Crippen LogP contribution in [0.1, 0.15) is 35.7 Å². The fourth-order valence-electron chi connectivity index (χ4n) is 2.63. The van der Waals surface area contributed by atoms with Gasteiger partial charge in [-0.3, -0.25) is 0 Å². The summed E-state index contributed by atoms with van der Waals surface area (Å²) >= 11 is 0. The number of rotatable bonds is 5. The Balaban J connectivity index is 2.24. The monoisotopic (exact) mass is 326 g/mol. The zero-order valence-electron chi connectivity index (χ0n) is 13.4. The highest BCUT2D eigenvalue weighted by Crippen LogP contribution is 2.35. The van der Waals surface area contributed by atoms with Crippen LogP contribution in [-0.2, 0) is 4.74 Å². The number of aliphatic hydroxyl groups is 2. The van der Waals surface area contributed by atoms with Crippen molar-refractivity contribution < 1.29 is 34.3 Å². The molecule has 1 aliphatic rings. The molecule has 3 N–H and O–H groups in total. The Morgan fingerprint density at radius 2 is 2.09 bits per heavy atom. The third-order valence-electron chi connectivity index (χ3n) is 3.89. The smallest absolute Gasteiger partial charge is 0.335 e. The van der Waals surface area contributed by atoms with E-state index in [-0.39, 0.29) is 17.7 Å². The normalized spacial score (nSPS) is 27.5. The number of hydrogen-bond acceptors (Lipinski definition) is 6. The van der Waals surface area contributed by atoms with Crippen molar-refractivity contribution in [1.29, 1.82) is 0 Å². The van der Waals surface area contributed by atoms with Crippen LogP contribution in [0.2, 0.25) is 0 Å². The number of aromatic carboxylic acids is 1. The second-order valence-corrected chi connectivity index (χ2v) is 5.55. The number of benzene rings is 1. The Labute approximate surface area is 134 Å². The highest BCUT2D eigenvalue weighted by molar-refractivity contribution is 5.89. The highest BCUT2D eigenvalue weighted by Gasteiger charge is 2.37. The van der Waals surface area contributed by atoms with Crippen LogP contribution in [0.5, 0.6) is 11.5 Å². The number of carboxylic acids is 1. The number of carbonyl (C=O) groups is 1. The molecule has 0 aromatic heterocycles. The molecule has 1 aromatic carbocycles. The number of methoxy groups -OCH3 is 1. The number of aliphatic hydroxyl groups excluding tert-OH is 2. The molecule has 2 rings (SSSR count). The fourth-order valence-corrected chi connectivity index (χ4v) is 2.63. The van der Waals surface area contributed by atoms with Crippen molar-refractivity contribution in [2.24, 2.45) is 0 Å². The molecule has 4 atom stereocenters. The molecule has 7 nitrogen and oxygen atoms in total. The van der Waals surface area contributed by atoms with Gasteiger partial charge in [-0.25, -0.2) is 4.79 Å². The molecule has 0 saturated carbocycles. The van der Waals surface area contributed by atoms with Gasteiger partial charge in [0.1, 0.15) is 6.10 Å². The lowest BCUT2D eigenvalue weighted by molar-refractivity contribution is -0.222. The molecule has 0 aliphatic carbocycles. The van der Waals surface area contributed by atoms with Gasteiger partial charge in [-0.1, -0.05) is 6.92 Å². The minimum Gasteiger partial charge on any atom is -0.493 e. The molecule has 1 saturated heterocycles. The molecular weight excluding hydrogens is 304 g/mol. The summed E-state index contributed by atoms with van der Waals surface area (Å²) in [4.78, 5) is 11.1. The Hall–Kier alpha value is -1.83. The van der Waals surface area contributed by atoms with Crippen LogP contribution in [0, 0.1) is 6.92 Å². The van der Waals surface area contributed by atoms with E-state index in [4.69, 9.17) is 19.3 Å². The van der Waals surface area contributed by atoms with Crippen molar-refractivity contribution in [1.82, 2.24) is 0 Å². The van der Waals surface area contributed by atoms with Gasteiger partial charge < -0.3 is 29.5 Å². The molecule has 0 spiro atoms. The molecule has 23 heavy (non-hydrogen) atoms. The average Bonchev–Trinajstić information content (AvgIpc) is 2.51. The lowest BCUT2D eigenvalue weighted by Crippen LogP contribution is -2.49. The predicted octanol–water partition coefficient (Wildman–Crippen LogP) is 1.33. The van der Waals surface area contributed by atoms with Crippen LogP contribution in [0.3, 0.4) is 0 Å². The van der Waals surface area contributed by atoms with E-state index >= 15 is 0 Å². The maximum atomic E-state index is 11.1. The van der Waals surface area contributed by atoms with Gasteiger partial charge in [-0.05, 0) is 31.0 Å². The fraction of sp³-hybridized carbons (Fsp3) is 0.562. The minimum absolute atomic E-state index is 0.0955. The van der Waals surface area contributed by atoms with Crippen molar-refractivity contribution in [2.45, 2.75) is 51.3 Å². The molecule has 0 radical (unpaired) electrons. The van der Waals surface area contributed by atoms with Crippen molar-refractivity contribution in [3.8, 4) is 11.5 Å². The van der Waals surface area contributed by atoms with E-state index in [0.29, 0.717) is 17.7 Å². The summed E-state index contributed by atoms with van der Waals surface area (Å²) in [6.45, 7) is 3.55. The van der Waals surface area contributed by atoms with Gasteiger partial charge in [0.2, 0.25) is 6.29 Å². The Morgan fingerprint density at radius 3 is 2.65 bits per heavy atom. The first-order valence-electron chi connectivity index (χ1n) is 7.47. The summed E-state index contributed by atoms with van der Waals surface area (Å²) in [5.74, 6) is -0.419. The molecule has 0 bridgehead atoms. The topological polar surface area (TPSA) is 105 Å². The minimum atomic E-state index is -1.06. The molecule has 1 aliphatic heterocycles. The maximum absolute atomic E-state index is 11.1. The van der Waals surface area contributed by atoms with Crippen molar-refractivity contribution >= 4 is 5.97 Å². The number of hydrogen-bond donors (Lipinski definition) is 3. The third-order valence-corrected chi connectivity index (χ3v) is 3.89. The predicted molar refractivity (Wildman–Crippen MR) is 80.9 cm³/mol. The first-order valence-corrected chi connectivity index (χ1v) is 7.47. The lowest BCUT2D eigenvalue weighted by atomic mass is 10.00. The van der Waals surface area contributed by atoms with Gasteiger partial charge in [0, 0.05) is 6.42 Å². The number of ether oxygens (including phenoxy) is 3. The zero-order valence-corrected chi connectivity index (χ0v) is 13.4. The maximum Gasteiger partial charge on any atom is 0.335 e. The first-order chi connectivity index (χ1) is 10.9. The number of aryl methyl sites for hydroxylation is 1. The van der Waals surface area contributed by atoms with E-state index in [9.17, 15) is 15.0 Å². The second kappa shape index (κ2) is 7.16. The number of carboxylic acid groups (broad SMARTS) is 1. The van der Waals surface area contributed by atoms with Crippen LogP contribution >= 0.6 is 0 Å². The zero-order chi connectivity index (χ0) is 17.1. The van der Waals surface area contributed by atoms with Gasteiger partial charge in [0.15, 0.2) is 11.5 Å². The summed E-state index contributed by atoms with van der Waals surface area (Å²) in [5, 5.41) is 28.9. The molecule has 7 heteroatoms. The van der Waals surface area contributed by atoms with Gasteiger partial charge >= 0.3 is 5.97 Å². The van der Waals surface area contributed by atoms with Gasteiger partial charge in [-0.2, -0.15) is 0 Å². The summed E-state index contributed by atoms with van der Waals surface area (Å²) in [6, 6.07) is 2.85. The average molecular weight is 326 g/mol. The highest BCUT2D eigenvalue weighted by atomic mass is 16.7. The molecule has 128 valence electrons. The van der Waals surface area contributed by atoms with E-state index in [0.717, 1.165) is 0 Å². The van der Waals surface area contributed by atoms with Crippen LogP contribution in [0.25, 0.3) is 0 Å². The van der Waals surface area contributed by atoms with E-state index in [2.05, 4.69) is 0 Å². The van der Waals surface area contributed by atoms with Crippen LogP contribution in [0.4, 0.5) is 0 Å². The molecule has 0 amide bonds. The third kappa shape index (κ3) is 3.74. The van der Waals surface area contributed by atoms with Gasteiger partial charge in [0.05, 0.1) is 24.9 Å². The molecule has 1 heterocycles. The van der Waals surface area contributed by atoms with E-state index < -0.39 is 30.6 Å². The van der Waals surface area contributed by atoms with Crippen LogP contribution in [-0.4, -0.2) is 53.0 Å². The quantitative estimate of drug-likeness (QED) is 0.749. The van der Waals surface area contributed by atoms with E-state index in [1.54, 1.807) is 6.92 Å². The standard InChI is InChI=1S/C16H22O7/c1-4-11-14(18)10(17)7-13(22-11)23-15-8(2)5-9(16(19)20)6-12(15)21-3/h5-6,10-11,13-14,17-18H,4,7H2,1-3H3,(H,19,20)/t10-,11-,13+,14+/m1/s1. The van der Waals surface area contributed by atoms with E-state index in [1.807, 2.05) is 6.92 Å². The first kappa shape index (κ1) is 17.5. The lowest BCUT2D eigenvalue weighted by Gasteiger charge is -2.37. The van der Waals surface area contributed by atoms with Crippen molar-refractivity contribution in [3.63, 3.8) is 0 Å². The SMILES string of the molecule is CC[C@H]1O[C@@H](Oc2c(C)cc(C(=O)O)cc2OC)C[C@@H](O)[C@@H]1O. The Kier molecular flexibility index (Phi) is 5.46. The second-order valence-electron chi connectivity index (χ2n) is 5.55. The van der Waals surface area contributed by atoms with Crippen LogP contribution in [0.15, 0.2) is 12.1 Å². The largest absolute Gasteiger partial charge is 0.493 e. The summed E-state index contributed by atoms with van der Waals surface area (Å²) in [6.07, 6.45) is -2.51. The summed E-state index contributed by atoms with van der Waals surface area (Å²) < 4.78 is 16.6. The van der Waals surface area contributed by atoms with Crippen LogP contribution < -0.4 is 9.47 Å². The Bertz CT molecular complexity index is 572. The van der Waals surface area contributed by atoms with Crippen molar-refractivity contribution in [2.75, 3.05) is 7.11 Å². The molecule has 1 aromatic rings. The van der Waals surface area contributed by atoms with Gasteiger partial charge in [-0.15, -0.1) is 0 Å². The summed E-state index contributed by atoms with van der Waals surface area (Å²) in [5.41, 5.74) is 0.678. The molecular formula is C16H22O7. The molecule has 0 unspecified atom stereocenters. The Morgan fingerprint density at radius 1 is 1.39 bits per heavy atom. The van der Waals surface area contributed by atoms with Crippen molar-refractivity contribution in [3.05, 3.63) is 23.3 Å². The van der Waals surface area contributed by atoms with Gasteiger partial charge in [0.25, 0.3) is 0 Å². The summed E-state index contributed by atoms with van der Waals surface area (Å²) in [7, 11) is 1.42. The molecule has 1 fully saturated rings. The van der Waals surface area contributed by atoms with E-state index in [1.165, 1.54) is 19.2 Å².